The molecule has 19 heavy (non-hydrogen) atoms. The number of anilines is 1. The van der Waals surface area contributed by atoms with Gasteiger partial charge in [-0.25, -0.2) is 4.98 Å². The lowest BCUT2D eigenvalue weighted by atomic mass is 10.2. The van der Waals surface area contributed by atoms with Crippen molar-refractivity contribution in [3.63, 3.8) is 0 Å². The molecule has 0 unspecified atom stereocenters. The molecule has 0 aliphatic heterocycles. The Morgan fingerprint density at radius 3 is 2.68 bits per heavy atom. The topological polar surface area (TPSA) is 61.0 Å². The van der Waals surface area contributed by atoms with Crippen LogP contribution in [0.25, 0.3) is 10.9 Å². The summed E-state index contributed by atoms with van der Waals surface area (Å²) in [4.78, 5) is 8.35. The van der Waals surface area contributed by atoms with Gasteiger partial charge in [-0.05, 0) is 36.8 Å². The number of benzene rings is 2. The molecule has 0 spiro atoms. The van der Waals surface area contributed by atoms with E-state index in [1.807, 2.05) is 55.5 Å². The second kappa shape index (κ2) is 4.57. The molecule has 0 aliphatic carbocycles. The van der Waals surface area contributed by atoms with Crippen LogP contribution in [0.4, 0.5) is 5.95 Å². The van der Waals surface area contributed by atoms with Crippen LogP contribution in [0, 0.1) is 6.92 Å². The molecule has 0 amide bonds. The Morgan fingerprint density at radius 1 is 1.00 bits per heavy atom. The van der Waals surface area contributed by atoms with E-state index in [1.165, 1.54) is 0 Å². The smallest absolute Gasteiger partial charge is 0.231 e. The van der Waals surface area contributed by atoms with Crippen LogP contribution < -0.4 is 10.5 Å². The van der Waals surface area contributed by atoms with Crippen LogP contribution in [0.5, 0.6) is 11.6 Å². The Morgan fingerprint density at radius 2 is 1.84 bits per heavy atom. The Hall–Kier alpha value is -2.62. The number of ether oxygens (including phenoxy) is 1. The van der Waals surface area contributed by atoms with Gasteiger partial charge in [0, 0.05) is 0 Å². The van der Waals surface area contributed by atoms with Crippen molar-refractivity contribution in [3.8, 4) is 11.6 Å². The van der Waals surface area contributed by atoms with Gasteiger partial charge in [0.1, 0.15) is 5.75 Å². The summed E-state index contributed by atoms with van der Waals surface area (Å²) < 4.78 is 5.82. The molecule has 3 aromatic rings. The number of hydrogen-bond acceptors (Lipinski definition) is 4. The normalized spacial score (nSPS) is 10.6. The van der Waals surface area contributed by atoms with E-state index in [4.69, 9.17) is 10.5 Å². The fourth-order valence-corrected chi connectivity index (χ4v) is 1.93. The van der Waals surface area contributed by atoms with E-state index >= 15 is 0 Å². The fraction of sp³-hybridized carbons (Fsp3) is 0.0667. The number of hydrogen-bond donors (Lipinski definition) is 1. The maximum absolute atomic E-state index is 5.82. The Bertz CT molecular complexity index is 740. The zero-order chi connectivity index (χ0) is 13.2. The van der Waals surface area contributed by atoms with Gasteiger partial charge >= 0.3 is 0 Å². The number of aryl methyl sites for hydroxylation is 1. The average Bonchev–Trinajstić information content (AvgIpc) is 2.38. The van der Waals surface area contributed by atoms with Gasteiger partial charge in [-0.15, -0.1) is 0 Å². The maximum atomic E-state index is 5.82. The monoisotopic (exact) mass is 251 g/mol. The van der Waals surface area contributed by atoms with Crippen molar-refractivity contribution >= 4 is 16.9 Å². The van der Waals surface area contributed by atoms with E-state index in [9.17, 15) is 0 Å². The van der Waals surface area contributed by atoms with Crippen LogP contribution in [0.1, 0.15) is 5.56 Å². The molecule has 4 heteroatoms. The molecule has 3 rings (SSSR count). The molecule has 0 saturated heterocycles. The van der Waals surface area contributed by atoms with Crippen molar-refractivity contribution in [1.82, 2.24) is 9.97 Å². The van der Waals surface area contributed by atoms with Gasteiger partial charge in [-0.1, -0.05) is 24.3 Å². The standard InChI is InChI=1S/C15H13N3O/c1-10-5-4-6-11(9-10)19-14-12-7-2-3-8-13(12)17-15(16)18-14/h2-9H,1H3,(H2,16,17,18). The number of fused-ring (bicyclic) bond motifs is 1. The SMILES string of the molecule is Cc1cccc(Oc2nc(N)nc3ccccc23)c1. The highest BCUT2D eigenvalue weighted by Gasteiger charge is 2.07. The molecule has 2 N–H and O–H groups in total. The van der Waals surface area contributed by atoms with Crippen molar-refractivity contribution in [1.29, 1.82) is 0 Å². The summed E-state index contributed by atoms with van der Waals surface area (Å²) in [5.74, 6) is 1.43. The van der Waals surface area contributed by atoms with Crippen LogP contribution in [0.3, 0.4) is 0 Å². The minimum Gasteiger partial charge on any atom is -0.438 e. The van der Waals surface area contributed by atoms with Crippen LogP contribution in [0.15, 0.2) is 48.5 Å². The number of aromatic nitrogens is 2. The number of para-hydroxylation sites is 1. The number of nitrogen functional groups attached to an aromatic ring is 1. The molecular formula is C15H13N3O. The molecule has 0 radical (unpaired) electrons. The van der Waals surface area contributed by atoms with E-state index in [-0.39, 0.29) is 5.95 Å². The van der Waals surface area contributed by atoms with Gasteiger partial charge < -0.3 is 10.5 Å². The first-order chi connectivity index (χ1) is 9.22. The van der Waals surface area contributed by atoms with E-state index in [1.54, 1.807) is 0 Å². The van der Waals surface area contributed by atoms with Crippen LogP contribution in [-0.2, 0) is 0 Å². The van der Waals surface area contributed by atoms with Gasteiger partial charge in [-0.3, -0.25) is 0 Å². The average molecular weight is 251 g/mol. The van der Waals surface area contributed by atoms with Crippen molar-refractivity contribution < 1.29 is 4.74 Å². The third-order valence-corrected chi connectivity index (χ3v) is 2.79. The lowest BCUT2D eigenvalue weighted by molar-refractivity contribution is 0.469. The summed E-state index contributed by atoms with van der Waals surface area (Å²) in [6.45, 7) is 2.01. The summed E-state index contributed by atoms with van der Waals surface area (Å²) in [6, 6.07) is 15.4. The molecule has 1 aromatic heterocycles. The van der Waals surface area contributed by atoms with Gasteiger partial charge in [0.25, 0.3) is 0 Å². The minimum atomic E-state index is 0.210. The summed E-state index contributed by atoms with van der Waals surface area (Å²) in [5.41, 5.74) is 7.61. The van der Waals surface area contributed by atoms with E-state index in [0.29, 0.717) is 5.88 Å². The highest BCUT2D eigenvalue weighted by Crippen LogP contribution is 2.28. The molecule has 2 aromatic carbocycles. The minimum absolute atomic E-state index is 0.210. The molecule has 0 bridgehead atoms. The van der Waals surface area contributed by atoms with Gasteiger partial charge in [0.2, 0.25) is 11.8 Å². The fourth-order valence-electron chi connectivity index (χ4n) is 1.93. The molecular weight excluding hydrogens is 238 g/mol. The lowest BCUT2D eigenvalue weighted by Gasteiger charge is -2.08. The van der Waals surface area contributed by atoms with Crippen molar-refractivity contribution in [2.24, 2.45) is 0 Å². The third-order valence-electron chi connectivity index (χ3n) is 2.79. The summed E-state index contributed by atoms with van der Waals surface area (Å²) >= 11 is 0. The zero-order valence-electron chi connectivity index (χ0n) is 10.5. The third kappa shape index (κ3) is 2.33. The van der Waals surface area contributed by atoms with Crippen LogP contribution in [0.2, 0.25) is 0 Å². The number of nitrogens with two attached hydrogens (primary N) is 1. The quantitative estimate of drug-likeness (QED) is 0.759. The predicted molar refractivity (Wildman–Crippen MR) is 75.2 cm³/mol. The summed E-state index contributed by atoms with van der Waals surface area (Å²) in [7, 11) is 0. The Balaban J connectivity index is 2.09. The first-order valence-corrected chi connectivity index (χ1v) is 5.99. The molecule has 1 heterocycles. The summed E-state index contributed by atoms with van der Waals surface area (Å²) in [5, 5.41) is 0.846. The van der Waals surface area contributed by atoms with Gasteiger partial charge in [0.05, 0.1) is 10.9 Å². The molecule has 94 valence electrons. The molecule has 4 nitrogen and oxygen atoms in total. The highest BCUT2D eigenvalue weighted by atomic mass is 16.5. The van der Waals surface area contributed by atoms with Crippen LogP contribution >= 0.6 is 0 Å². The van der Waals surface area contributed by atoms with Crippen molar-refractivity contribution in [3.05, 3.63) is 54.1 Å². The van der Waals surface area contributed by atoms with Crippen molar-refractivity contribution in [2.45, 2.75) is 6.92 Å². The Labute approximate surface area is 110 Å². The van der Waals surface area contributed by atoms with E-state index < -0.39 is 0 Å². The second-order valence-corrected chi connectivity index (χ2v) is 4.32. The predicted octanol–water partition coefficient (Wildman–Crippen LogP) is 3.31. The van der Waals surface area contributed by atoms with Crippen LogP contribution in [-0.4, -0.2) is 9.97 Å². The van der Waals surface area contributed by atoms with Gasteiger partial charge in [-0.2, -0.15) is 4.98 Å². The molecule has 0 aliphatic rings. The second-order valence-electron chi connectivity index (χ2n) is 4.32. The number of rotatable bonds is 2. The molecule has 0 fully saturated rings. The number of nitrogens with zero attached hydrogens (tertiary/aromatic N) is 2. The van der Waals surface area contributed by atoms with E-state index in [0.717, 1.165) is 22.2 Å². The molecule has 0 saturated carbocycles. The first-order valence-electron chi connectivity index (χ1n) is 5.99. The van der Waals surface area contributed by atoms with Gasteiger partial charge in [0.15, 0.2) is 0 Å². The summed E-state index contributed by atoms with van der Waals surface area (Å²) in [6.07, 6.45) is 0. The Kier molecular flexibility index (Phi) is 2.76. The zero-order valence-corrected chi connectivity index (χ0v) is 10.5. The largest absolute Gasteiger partial charge is 0.438 e. The lowest BCUT2D eigenvalue weighted by Crippen LogP contribution is -1.98. The first kappa shape index (κ1) is 11.5. The van der Waals surface area contributed by atoms with Crippen molar-refractivity contribution in [2.75, 3.05) is 5.73 Å². The highest BCUT2D eigenvalue weighted by molar-refractivity contribution is 5.84. The van der Waals surface area contributed by atoms with E-state index in [2.05, 4.69) is 9.97 Å². The maximum Gasteiger partial charge on any atom is 0.231 e. The molecule has 0 atom stereocenters.